The van der Waals surface area contributed by atoms with E-state index in [1.807, 2.05) is 6.92 Å². The van der Waals surface area contributed by atoms with Crippen LogP contribution < -0.4 is 26.0 Å². The number of aromatic hydroxyl groups is 2. The summed E-state index contributed by atoms with van der Waals surface area (Å²) in [5.74, 6) is -8.36. The summed E-state index contributed by atoms with van der Waals surface area (Å²) in [4.78, 5) is 155. The first kappa shape index (κ1) is 62.1. The number of pyridine rings is 2. The first-order valence-corrected chi connectivity index (χ1v) is 31.4. The number of hydrogen-bond acceptors (Lipinski definition) is 21. The van der Waals surface area contributed by atoms with E-state index in [9.17, 15) is 58.2 Å². The molecule has 6 rings (SSSR count). The van der Waals surface area contributed by atoms with Crippen LogP contribution in [0.5, 0.6) is 17.2 Å². The molecule has 2 fully saturated rings. The van der Waals surface area contributed by atoms with Gasteiger partial charge in [-0.05, 0) is 61.9 Å². The molecule has 2 aliphatic heterocycles. The van der Waals surface area contributed by atoms with Gasteiger partial charge in [0.2, 0.25) is 45.7 Å². The average molecular weight is 1210 g/mol. The molecule has 2 aromatic carbocycles. The zero-order valence-corrected chi connectivity index (χ0v) is 49.2. The third kappa shape index (κ3) is 15.4. The number of methoxy groups -OCH3 is 1. The van der Waals surface area contributed by atoms with Crippen LogP contribution in [0.15, 0.2) is 48.5 Å². The van der Waals surface area contributed by atoms with E-state index in [1.165, 1.54) is 80.8 Å². The average Bonchev–Trinajstić information content (AvgIpc) is 3.45. The number of aryl methyl sites for hydroxylation is 1. The van der Waals surface area contributed by atoms with Gasteiger partial charge in [-0.15, -0.1) is 0 Å². The summed E-state index contributed by atoms with van der Waals surface area (Å²) in [5, 5.41) is 31.7. The third-order valence-corrected chi connectivity index (χ3v) is 18.7. The largest absolute Gasteiger partial charge is 0.505 e. The lowest BCUT2D eigenvalue weighted by atomic mass is 10.1. The Labute approximate surface area is 483 Å². The molecule has 2 bridgehead atoms. The van der Waals surface area contributed by atoms with Crippen LogP contribution in [-0.4, -0.2) is 229 Å². The molecular formula is C50H64N10O13S6. The van der Waals surface area contributed by atoms with Gasteiger partial charge in [0.1, 0.15) is 53.5 Å². The van der Waals surface area contributed by atoms with Crippen molar-refractivity contribution < 1.29 is 65.7 Å². The molecule has 0 spiro atoms. The molecule has 0 aliphatic carbocycles. The van der Waals surface area contributed by atoms with E-state index in [-0.39, 0.29) is 25.9 Å². The predicted molar refractivity (Wildman–Crippen MR) is 314 cm³/mol. The summed E-state index contributed by atoms with van der Waals surface area (Å²) in [5.41, 5.74) is 0.684. The first-order valence-electron chi connectivity index (χ1n) is 24.1. The molecular weight excluding hydrogens is 1140 g/mol. The van der Waals surface area contributed by atoms with Gasteiger partial charge in [-0.1, -0.05) is 56.7 Å². The van der Waals surface area contributed by atoms with Gasteiger partial charge in [0.15, 0.2) is 11.4 Å². The van der Waals surface area contributed by atoms with Gasteiger partial charge >= 0.3 is 0 Å². The standard InChI is InChI=1S/C50H60N10O13S6.2H2/c1-25-9-11-29-26(13-25)15-37(61)41(53-29)45(67)55-31-19-76-49(71)35(21-74-7)59(4)47(69)34-24-79-78-23-33(57(2)39(63)17-51-43(31)65)48(70)60(5)36(22-75-8)50(72)77-20-32(44(66)52-18-40(64)58(34)3)56-46(68)42-38(62)16-27-14-28(73-6)10-12-30(27)54-42;;/h9-16,31-36,61-62H,17-24H2,1-8H3,(H,51,65)(H,52,66)(H,55,67)(H,56,68);2*1H/t31-,32-,33+,34+,35+,36+;;/m1../s1/i;2*1+1. The molecule has 6 atom stereocenters. The number of likely N-dealkylation sites (N-methyl/N-ethyl adjacent to an activating group) is 4. The number of thioether (sulfide) groups is 4. The van der Waals surface area contributed by atoms with Gasteiger partial charge in [0.25, 0.3) is 11.8 Å². The van der Waals surface area contributed by atoms with Crippen molar-refractivity contribution in [2.75, 3.05) is 95.4 Å². The minimum absolute atomic E-state index is 0. The van der Waals surface area contributed by atoms with Crippen molar-refractivity contribution in [2.45, 2.75) is 43.2 Å². The van der Waals surface area contributed by atoms with Gasteiger partial charge in [-0.3, -0.25) is 47.9 Å². The zero-order valence-electron chi connectivity index (χ0n) is 44.3. The summed E-state index contributed by atoms with van der Waals surface area (Å²) in [6.07, 6.45) is 3.41. The Morgan fingerprint density at radius 3 is 1.48 bits per heavy atom. The minimum Gasteiger partial charge on any atom is -0.505 e. The number of nitrogens with zero attached hydrogens (tertiary/aromatic N) is 6. The number of aromatic nitrogens is 2. The van der Waals surface area contributed by atoms with Gasteiger partial charge in [-0.25, -0.2) is 9.97 Å². The molecule has 29 heteroatoms. The van der Waals surface area contributed by atoms with Crippen molar-refractivity contribution in [1.82, 2.24) is 50.8 Å². The Morgan fingerprint density at radius 1 is 0.646 bits per heavy atom. The molecule has 2 aliphatic rings. The Hall–Kier alpha value is -6.14. The first-order chi connectivity index (χ1) is 37.6. The molecule has 0 radical (unpaired) electrons. The molecule has 2 aromatic heterocycles. The lowest BCUT2D eigenvalue weighted by molar-refractivity contribution is -0.144. The fourth-order valence-electron chi connectivity index (χ4n) is 8.09. The molecule has 4 aromatic rings. The Balaban J connectivity index is 0.00000706. The number of carbonyl (C=O) groups excluding carboxylic acids is 10. The van der Waals surface area contributed by atoms with E-state index < -0.39 is 141 Å². The van der Waals surface area contributed by atoms with E-state index >= 15 is 0 Å². The quantitative estimate of drug-likeness (QED) is 0.131. The highest BCUT2D eigenvalue weighted by atomic mass is 33.1. The smallest absolute Gasteiger partial charge is 0.274 e. The number of fused-ring (bicyclic) bond motifs is 7. The van der Waals surface area contributed by atoms with Gasteiger partial charge in [-0.2, -0.15) is 23.5 Å². The normalized spacial score (nSPS) is 22.4. The molecule has 23 nitrogen and oxygen atoms in total. The molecule has 2 saturated heterocycles. The van der Waals surface area contributed by atoms with Crippen LogP contribution in [-0.2, 0) is 38.4 Å². The highest BCUT2D eigenvalue weighted by molar-refractivity contribution is 8.76. The van der Waals surface area contributed by atoms with E-state index in [4.69, 9.17) is 4.74 Å². The zero-order chi connectivity index (χ0) is 57.8. The number of rotatable bonds is 9. The number of carbonyl (C=O) groups is 10. The Bertz CT molecular complexity index is 3050. The van der Waals surface area contributed by atoms with Gasteiger partial charge in [0, 0.05) is 76.3 Å². The number of nitrogens with one attached hydrogen (secondary N) is 4. The second-order valence-corrected chi connectivity index (χ2v) is 24.6. The summed E-state index contributed by atoms with van der Waals surface area (Å²) in [7, 11) is 9.04. The highest BCUT2D eigenvalue weighted by Gasteiger charge is 2.40. The Morgan fingerprint density at radius 2 is 1.06 bits per heavy atom. The van der Waals surface area contributed by atoms with Gasteiger partial charge in [0.05, 0.1) is 31.2 Å². The molecule has 0 unspecified atom stereocenters. The maximum Gasteiger partial charge on any atom is 0.274 e. The molecule has 4 heterocycles. The van der Waals surface area contributed by atoms with Crippen LogP contribution in [0.2, 0.25) is 0 Å². The van der Waals surface area contributed by atoms with Crippen LogP contribution >= 0.6 is 68.6 Å². The van der Waals surface area contributed by atoms with E-state index in [0.717, 1.165) is 37.0 Å². The molecule has 0 saturated carbocycles. The number of hydrogen-bond donors (Lipinski definition) is 6. The molecule has 6 N–H and O–H groups in total. The lowest BCUT2D eigenvalue weighted by Crippen LogP contribution is -2.57. The Kier molecular flexibility index (Phi) is 22.3. The van der Waals surface area contributed by atoms with Crippen LogP contribution in [0.25, 0.3) is 21.8 Å². The van der Waals surface area contributed by atoms with Crippen LogP contribution in [0.3, 0.4) is 0 Å². The monoisotopic (exact) mass is 1210 g/mol. The molecule has 8 amide bonds. The van der Waals surface area contributed by atoms with E-state index in [1.54, 1.807) is 48.9 Å². The summed E-state index contributed by atoms with van der Waals surface area (Å²) >= 11 is 3.69. The number of ether oxygens (including phenoxy) is 1. The summed E-state index contributed by atoms with van der Waals surface area (Å²) in [6.45, 7) is 0.431. The predicted octanol–water partition coefficient (Wildman–Crippen LogP) is 2.09. The summed E-state index contributed by atoms with van der Waals surface area (Å²) in [6, 6.07) is 4.52. The molecule has 79 heavy (non-hydrogen) atoms. The maximum absolute atomic E-state index is 14.8. The van der Waals surface area contributed by atoms with Crippen molar-refractivity contribution in [3.8, 4) is 17.2 Å². The minimum atomic E-state index is -1.56. The van der Waals surface area contributed by atoms with Crippen molar-refractivity contribution in [2.24, 2.45) is 0 Å². The summed E-state index contributed by atoms with van der Waals surface area (Å²) < 4.78 is 5.25. The number of amides is 8. The van der Waals surface area contributed by atoms with Gasteiger partial charge < -0.3 is 55.8 Å². The van der Waals surface area contributed by atoms with Crippen LogP contribution in [0.4, 0.5) is 0 Å². The topological polar surface area (TPSA) is 307 Å². The van der Waals surface area contributed by atoms with E-state index in [2.05, 4.69) is 31.2 Å². The second-order valence-electron chi connectivity index (χ2n) is 18.2. The van der Waals surface area contributed by atoms with Crippen molar-refractivity contribution in [3.63, 3.8) is 0 Å². The molecule has 428 valence electrons. The number of benzene rings is 2. The maximum atomic E-state index is 14.8. The van der Waals surface area contributed by atoms with E-state index in [0.29, 0.717) is 51.1 Å². The van der Waals surface area contributed by atoms with Crippen LogP contribution in [0.1, 0.15) is 29.4 Å². The van der Waals surface area contributed by atoms with Crippen molar-refractivity contribution in [1.29, 1.82) is 0 Å². The van der Waals surface area contributed by atoms with Crippen molar-refractivity contribution >= 4 is 148 Å². The third-order valence-electron chi connectivity index (χ3n) is 12.9. The fourth-order valence-corrected chi connectivity index (χ4v) is 14.2. The van der Waals surface area contributed by atoms with Crippen LogP contribution in [0, 0.1) is 6.92 Å². The lowest BCUT2D eigenvalue weighted by Gasteiger charge is -2.35. The highest BCUT2D eigenvalue weighted by Crippen LogP contribution is 2.30. The fraction of sp³-hybridized carbons (Fsp3) is 0.440. The second kappa shape index (κ2) is 28.3. The van der Waals surface area contributed by atoms with Crippen molar-refractivity contribution in [3.05, 3.63) is 65.5 Å². The SMILES string of the molecule is COc1ccc2nc(C(=O)N[C@@H]3CSC(=O)[C@H](CSC)N(C)C(=O)[C@@H]4CSSC[C@@H](C(=O)N(C)[C@@H](CSC)C(=O)SC[C@@H](NC(=O)c5nc6ccc(C)cc6cc5O)C(=O)NCC(=O)N4C)N(C)C(=O)CNC3=O)c(O)cc2c1.[2HH].[2HH].